The molecule has 0 spiro atoms. The summed E-state index contributed by atoms with van der Waals surface area (Å²) in [6.07, 6.45) is 1.28. The lowest BCUT2D eigenvalue weighted by Crippen LogP contribution is -2.25. The zero-order valence-electron chi connectivity index (χ0n) is 16.3. The highest BCUT2D eigenvalue weighted by atomic mass is 16.5. The predicted octanol–water partition coefficient (Wildman–Crippen LogP) is 2.42. The lowest BCUT2D eigenvalue weighted by Gasteiger charge is -2.07. The second kappa shape index (κ2) is 7.70. The van der Waals surface area contributed by atoms with E-state index in [9.17, 15) is 14.4 Å². The van der Waals surface area contributed by atoms with Crippen LogP contribution >= 0.6 is 0 Å². The van der Waals surface area contributed by atoms with Gasteiger partial charge in [-0.1, -0.05) is 18.2 Å². The van der Waals surface area contributed by atoms with Crippen LogP contribution in [-0.2, 0) is 16.6 Å². The quantitative estimate of drug-likeness (QED) is 0.510. The number of carbonyl (C=O) groups is 2. The number of rotatable bonds is 5. The minimum Gasteiger partial charge on any atom is -0.452 e. The third kappa shape index (κ3) is 3.48. The second-order valence-electron chi connectivity index (χ2n) is 6.60. The normalized spacial score (nSPS) is 10.9. The van der Waals surface area contributed by atoms with Crippen molar-refractivity contribution in [2.24, 2.45) is 7.05 Å². The molecule has 0 aliphatic carbocycles. The number of fused-ring (bicyclic) bond motifs is 1. The molecule has 0 bridgehead atoms. The van der Waals surface area contributed by atoms with Crippen LogP contribution in [0.4, 0.5) is 5.69 Å². The molecule has 0 saturated carbocycles. The topological polar surface area (TPSA) is 108 Å². The fourth-order valence-electron chi connectivity index (χ4n) is 3.09. The van der Waals surface area contributed by atoms with Crippen LogP contribution in [0, 0.1) is 6.92 Å². The van der Waals surface area contributed by atoms with Crippen molar-refractivity contribution in [3.8, 4) is 5.69 Å². The summed E-state index contributed by atoms with van der Waals surface area (Å²) >= 11 is 0. The Labute approximate surface area is 170 Å². The number of nitrogens with zero attached hydrogens (tertiary/aromatic N) is 3. The Morgan fingerprint density at radius 1 is 1.17 bits per heavy atom. The lowest BCUT2D eigenvalue weighted by atomic mass is 10.2. The molecule has 0 radical (unpaired) electrons. The average Bonchev–Trinajstić information content (AvgIpc) is 3.31. The van der Waals surface area contributed by atoms with Crippen molar-refractivity contribution >= 4 is 28.7 Å². The number of para-hydroxylation sites is 1. The highest BCUT2D eigenvalue weighted by molar-refractivity contribution is 5.97. The number of ether oxygens (including phenoxy) is 1. The van der Waals surface area contributed by atoms with Crippen molar-refractivity contribution in [2.45, 2.75) is 6.92 Å². The van der Waals surface area contributed by atoms with Crippen LogP contribution in [0.1, 0.15) is 16.1 Å². The van der Waals surface area contributed by atoms with Gasteiger partial charge in [0.1, 0.15) is 11.2 Å². The minimum absolute atomic E-state index is 0.131. The fraction of sp³-hybridized carbons (Fsp3) is 0.143. The Bertz CT molecular complexity index is 1300. The highest BCUT2D eigenvalue weighted by Gasteiger charge is 2.19. The molecule has 0 aliphatic rings. The summed E-state index contributed by atoms with van der Waals surface area (Å²) in [6.45, 7) is 1.18. The Balaban J connectivity index is 1.46. The van der Waals surface area contributed by atoms with Gasteiger partial charge in [-0.15, -0.1) is 0 Å². The zero-order valence-corrected chi connectivity index (χ0v) is 16.3. The van der Waals surface area contributed by atoms with E-state index in [0.29, 0.717) is 22.5 Å². The van der Waals surface area contributed by atoms with Crippen LogP contribution in [0.5, 0.6) is 0 Å². The van der Waals surface area contributed by atoms with Crippen LogP contribution in [0.3, 0.4) is 0 Å². The largest absolute Gasteiger partial charge is 0.452 e. The molecular weight excluding hydrogens is 388 g/mol. The van der Waals surface area contributed by atoms with Gasteiger partial charge in [-0.05, 0) is 37.3 Å². The predicted molar refractivity (Wildman–Crippen MR) is 109 cm³/mol. The Morgan fingerprint density at radius 3 is 2.70 bits per heavy atom. The van der Waals surface area contributed by atoms with Gasteiger partial charge in [0, 0.05) is 7.05 Å². The van der Waals surface area contributed by atoms with Crippen molar-refractivity contribution in [1.29, 1.82) is 0 Å². The van der Waals surface area contributed by atoms with E-state index >= 15 is 0 Å². The molecule has 0 aliphatic heterocycles. The van der Waals surface area contributed by atoms with Crippen molar-refractivity contribution in [1.82, 2.24) is 14.3 Å². The van der Waals surface area contributed by atoms with Crippen molar-refractivity contribution in [3.05, 3.63) is 76.5 Å². The first-order chi connectivity index (χ1) is 14.5. The van der Waals surface area contributed by atoms with Crippen LogP contribution in [0.25, 0.3) is 16.8 Å². The summed E-state index contributed by atoms with van der Waals surface area (Å²) in [5.74, 6) is -1.29. The first-order valence-electron chi connectivity index (χ1n) is 9.10. The van der Waals surface area contributed by atoms with Gasteiger partial charge in [-0.3, -0.25) is 14.3 Å². The molecule has 152 valence electrons. The number of hydrogen-bond acceptors (Lipinski definition) is 6. The van der Waals surface area contributed by atoms with Crippen molar-refractivity contribution in [2.75, 3.05) is 11.9 Å². The molecule has 0 unspecified atom stereocenters. The SMILES string of the molecule is Cc1c(NC(=O)COC(=O)c2ccc3ocnc3c2)c(=O)n(-c2ccccc2)n1C. The molecule has 9 heteroatoms. The summed E-state index contributed by atoms with van der Waals surface area (Å²) < 4.78 is 13.3. The Morgan fingerprint density at radius 2 is 1.93 bits per heavy atom. The molecule has 0 atom stereocenters. The monoisotopic (exact) mass is 406 g/mol. The van der Waals surface area contributed by atoms with Crippen molar-refractivity contribution < 1.29 is 18.7 Å². The summed E-state index contributed by atoms with van der Waals surface area (Å²) in [4.78, 5) is 41.3. The van der Waals surface area contributed by atoms with E-state index in [-0.39, 0.29) is 16.8 Å². The lowest BCUT2D eigenvalue weighted by molar-refractivity contribution is -0.119. The van der Waals surface area contributed by atoms with Gasteiger partial charge in [0.25, 0.3) is 11.5 Å². The van der Waals surface area contributed by atoms with Gasteiger partial charge < -0.3 is 14.5 Å². The van der Waals surface area contributed by atoms with Crippen LogP contribution in [0.15, 0.2) is 64.1 Å². The van der Waals surface area contributed by atoms with Crippen LogP contribution in [-0.4, -0.2) is 32.8 Å². The van der Waals surface area contributed by atoms with Gasteiger partial charge in [0.05, 0.1) is 16.9 Å². The summed E-state index contributed by atoms with van der Waals surface area (Å²) in [7, 11) is 1.72. The third-order valence-corrected chi connectivity index (χ3v) is 4.72. The molecular formula is C21H18N4O5. The zero-order chi connectivity index (χ0) is 21.3. The fourth-order valence-corrected chi connectivity index (χ4v) is 3.09. The average molecular weight is 406 g/mol. The van der Waals surface area contributed by atoms with Gasteiger partial charge in [-0.2, -0.15) is 0 Å². The van der Waals surface area contributed by atoms with Crippen LogP contribution < -0.4 is 10.9 Å². The summed E-state index contributed by atoms with van der Waals surface area (Å²) in [6, 6.07) is 13.7. The molecule has 4 rings (SSSR count). The summed E-state index contributed by atoms with van der Waals surface area (Å²) in [5.41, 5.74) is 2.28. The number of hydrogen-bond donors (Lipinski definition) is 1. The molecule has 1 N–H and O–H groups in total. The van der Waals surface area contributed by atoms with E-state index in [1.54, 1.807) is 36.9 Å². The standard InChI is InChI=1S/C21H18N4O5/c1-13-19(20(27)25(24(13)2)15-6-4-3-5-7-15)23-18(26)11-29-21(28)14-8-9-17-16(10-14)22-12-30-17/h3-10,12H,11H2,1-2H3,(H,23,26). The number of carbonyl (C=O) groups excluding carboxylic acids is 2. The number of esters is 1. The molecule has 2 aromatic carbocycles. The van der Waals surface area contributed by atoms with E-state index in [1.165, 1.54) is 23.2 Å². The second-order valence-corrected chi connectivity index (χ2v) is 6.60. The molecule has 1 amide bonds. The summed E-state index contributed by atoms with van der Waals surface area (Å²) in [5, 5.41) is 2.54. The van der Waals surface area contributed by atoms with E-state index in [2.05, 4.69) is 10.3 Å². The molecule has 30 heavy (non-hydrogen) atoms. The van der Waals surface area contributed by atoms with Crippen LogP contribution in [0.2, 0.25) is 0 Å². The van der Waals surface area contributed by atoms with E-state index in [4.69, 9.17) is 9.15 Å². The van der Waals surface area contributed by atoms with Gasteiger partial charge in [0.2, 0.25) is 0 Å². The maximum atomic E-state index is 12.8. The molecule has 2 heterocycles. The maximum Gasteiger partial charge on any atom is 0.338 e. The number of oxazole rings is 1. The van der Waals surface area contributed by atoms with Gasteiger partial charge in [0.15, 0.2) is 18.6 Å². The third-order valence-electron chi connectivity index (χ3n) is 4.72. The van der Waals surface area contributed by atoms with E-state index in [1.807, 2.05) is 18.2 Å². The highest BCUT2D eigenvalue weighted by Crippen LogP contribution is 2.16. The molecule has 0 saturated heterocycles. The number of amides is 1. The maximum absolute atomic E-state index is 12.8. The number of benzene rings is 2. The number of nitrogens with one attached hydrogen (secondary N) is 1. The number of aromatic nitrogens is 3. The Kier molecular flexibility index (Phi) is 4.93. The molecule has 2 aromatic heterocycles. The molecule has 4 aromatic rings. The Hall–Kier alpha value is -4.14. The smallest absolute Gasteiger partial charge is 0.338 e. The minimum atomic E-state index is -0.679. The van der Waals surface area contributed by atoms with Gasteiger partial charge >= 0.3 is 5.97 Å². The van der Waals surface area contributed by atoms with Crippen molar-refractivity contribution in [3.63, 3.8) is 0 Å². The first-order valence-corrected chi connectivity index (χ1v) is 9.10. The van der Waals surface area contributed by atoms with E-state index in [0.717, 1.165) is 0 Å². The van der Waals surface area contributed by atoms with Gasteiger partial charge in [-0.25, -0.2) is 14.5 Å². The molecule has 0 fully saturated rings. The first kappa shape index (κ1) is 19.2. The molecule has 9 nitrogen and oxygen atoms in total. The number of anilines is 1. The van der Waals surface area contributed by atoms with E-state index < -0.39 is 18.5 Å².